The second-order valence-corrected chi connectivity index (χ2v) is 8.14. The lowest BCUT2D eigenvalue weighted by atomic mass is 10.1. The van der Waals surface area contributed by atoms with Crippen molar-refractivity contribution in [2.45, 2.75) is 11.8 Å². The lowest BCUT2D eigenvalue weighted by molar-refractivity contribution is -0.119. The normalized spacial score (nSPS) is 11.4. The van der Waals surface area contributed by atoms with Gasteiger partial charge in [-0.1, -0.05) is 12.1 Å². The molecule has 0 aliphatic heterocycles. The summed E-state index contributed by atoms with van der Waals surface area (Å²) < 4.78 is 57.3. The van der Waals surface area contributed by atoms with E-state index in [-0.39, 0.29) is 10.5 Å². The first-order chi connectivity index (χ1) is 13.0. The lowest BCUT2D eigenvalue weighted by Gasteiger charge is -2.13. The van der Waals surface area contributed by atoms with E-state index in [0.717, 1.165) is 28.6 Å². The predicted octanol–water partition coefficient (Wildman–Crippen LogP) is 2.32. The number of carbonyl (C=O) groups excluding carboxylic acids is 2. The molecule has 1 N–H and O–H groups in total. The summed E-state index contributed by atoms with van der Waals surface area (Å²) in [5.74, 6) is -3.85. The van der Waals surface area contributed by atoms with Crippen LogP contribution in [0.3, 0.4) is 0 Å². The number of aryl methyl sites for hydroxylation is 1. The molecule has 0 aliphatic carbocycles. The fraction of sp³-hybridized carbons (Fsp3) is 0.222. The minimum atomic E-state index is -3.77. The van der Waals surface area contributed by atoms with Gasteiger partial charge in [-0.05, 0) is 36.8 Å². The van der Waals surface area contributed by atoms with Crippen LogP contribution in [0.1, 0.15) is 15.9 Å². The largest absolute Gasteiger partial charge is 0.452 e. The number of rotatable bonds is 6. The Morgan fingerprint density at radius 3 is 2.29 bits per heavy atom. The Hall–Kier alpha value is -2.85. The summed E-state index contributed by atoms with van der Waals surface area (Å²) in [5, 5.41) is 1.98. The molecule has 0 heterocycles. The van der Waals surface area contributed by atoms with Crippen LogP contribution >= 0.6 is 0 Å². The molecule has 0 saturated heterocycles. The molecule has 0 aromatic heterocycles. The molecule has 0 saturated carbocycles. The molecule has 0 unspecified atom stereocenters. The Kier molecular flexibility index (Phi) is 6.47. The molecule has 28 heavy (non-hydrogen) atoms. The van der Waals surface area contributed by atoms with Crippen molar-refractivity contribution >= 4 is 27.6 Å². The monoisotopic (exact) mass is 412 g/mol. The van der Waals surface area contributed by atoms with Gasteiger partial charge in [-0.15, -0.1) is 0 Å². The molecule has 2 aromatic rings. The van der Waals surface area contributed by atoms with Crippen molar-refractivity contribution in [3.05, 3.63) is 59.2 Å². The van der Waals surface area contributed by atoms with Crippen LogP contribution < -0.4 is 5.32 Å². The predicted molar refractivity (Wildman–Crippen MR) is 97.3 cm³/mol. The number of benzene rings is 2. The maximum Gasteiger partial charge on any atom is 0.338 e. The van der Waals surface area contributed by atoms with Gasteiger partial charge in [-0.2, -0.15) is 0 Å². The standard InChI is InChI=1S/C18H18F2N2O5S/c1-11-7-8-12(28(25,26)22(2)3)9-13(11)18(24)27-10-16(23)21-17-14(19)5-4-6-15(17)20/h4-9H,10H2,1-3H3,(H,21,23). The van der Waals surface area contributed by atoms with Crippen LogP contribution in [-0.2, 0) is 19.6 Å². The van der Waals surface area contributed by atoms with Crippen molar-refractivity contribution in [3.8, 4) is 0 Å². The van der Waals surface area contributed by atoms with Crippen molar-refractivity contribution in [1.82, 2.24) is 4.31 Å². The molecular weight excluding hydrogens is 394 g/mol. The third kappa shape index (κ3) is 4.70. The Labute approximate surface area is 161 Å². The molecule has 150 valence electrons. The van der Waals surface area contributed by atoms with E-state index >= 15 is 0 Å². The van der Waals surface area contributed by atoms with Gasteiger partial charge in [0.05, 0.1) is 10.5 Å². The summed E-state index contributed by atoms with van der Waals surface area (Å²) in [4.78, 5) is 24.0. The lowest BCUT2D eigenvalue weighted by Crippen LogP contribution is -2.24. The van der Waals surface area contributed by atoms with Crippen LogP contribution in [0.4, 0.5) is 14.5 Å². The van der Waals surface area contributed by atoms with E-state index in [4.69, 9.17) is 4.74 Å². The van der Waals surface area contributed by atoms with Gasteiger partial charge in [-0.25, -0.2) is 26.3 Å². The second-order valence-electron chi connectivity index (χ2n) is 5.99. The van der Waals surface area contributed by atoms with Crippen molar-refractivity contribution in [1.29, 1.82) is 0 Å². The molecule has 0 radical (unpaired) electrons. The summed E-state index contributed by atoms with van der Waals surface area (Å²) in [6, 6.07) is 6.98. The van der Waals surface area contributed by atoms with E-state index in [2.05, 4.69) is 0 Å². The highest BCUT2D eigenvalue weighted by Gasteiger charge is 2.21. The third-order valence-corrected chi connectivity index (χ3v) is 5.58. The van der Waals surface area contributed by atoms with E-state index in [1.165, 1.54) is 26.2 Å². The van der Waals surface area contributed by atoms with Gasteiger partial charge in [-0.3, -0.25) is 4.79 Å². The second kappa shape index (κ2) is 8.44. The Balaban J connectivity index is 2.12. The number of nitrogens with one attached hydrogen (secondary N) is 1. The molecule has 2 aromatic carbocycles. The molecule has 0 fully saturated rings. The summed E-state index contributed by atoms with van der Waals surface area (Å²) in [6.45, 7) is 0.758. The van der Waals surface area contributed by atoms with Crippen molar-refractivity contribution < 1.29 is 31.5 Å². The number of halogens is 2. The molecular formula is C18H18F2N2O5S. The van der Waals surface area contributed by atoms with Gasteiger partial charge in [0.15, 0.2) is 6.61 Å². The number of sulfonamides is 1. The minimum Gasteiger partial charge on any atom is -0.452 e. The zero-order valence-corrected chi connectivity index (χ0v) is 16.1. The van der Waals surface area contributed by atoms with Crippen LogP contribution in [0, 0.1) is 18.6 Å². The maximum absolute atomic E-state index is 13.5. The SMILES string of the molecule is Cc1ccc(S(=O)(=O)N(C)C)cc1C(=O)OCC(=O)Nc1c(F)cccc1F. The van der Waals surface area contributed by atoms with Crippen molar-refractivity contribution in [3.63, 3.8) is 0 Å². The Morgan fingerprint density at radius 2 is 1.71 bits per heavy atom. The highest BCUT2D eigenvalue weighted by Crippen LogP contribution is 2.20. The maximum atomic E-state index is 13.5. The number of esters is 1. The van der Waals surface area contributed by atoms with Gasteiger partial charge in [0.25, 0.3) is 5.91 Å². The molecule has 10 heteroatoms. The van der Waals surface area contributed by atoms with Crippen LogP contribution in [-0.4, -0.2) is 45.3 Å². The van der Waals surface area contributed by atoms with Gasteiger partial charge >= 0.3 is 5.97 Å². The zero-order valence-electron chi connectivity index (χ0n) is 15.3. The fourth-order valence-corrected chi connectivity index (χ4v) is 3.12. The molecule has 0 bridgehead atoms. The topological polar surface area (TPSA) is 92.8 Å². The Bertz CT molecular complexity index is 1000. The van der Waals surface area contributed by atoms with E-state index in [1.54, 1.807) is 6.92 Å². The fourth-order valence-electron chi connectivity index (χ4n) is 2.19. The summed E-state index contributed by atoms with van der Waals surface area (Å²) in [7, 11) is -1.08. The van der Waals surface area contributed by atoms with Crippen molar-refractivity contribution in [2.24, 2.45) is 0 Å². The first kappa shape index (κ1) is 21.5. The average molecular weight is 412 g/mol. The van der Waals surface area contributed by atoms with E-state index in [9.17, 15) is 26.8 Å². The highest BCUT2D eigenvalue weighted by atomic mass is 32.2. The Morgan fingerprint density at radius 1 is 1.11 bits per heavy atom. The summed E-state index contributed by atoms with van der Waals surface area (Å²) in [6.07, 6.45) is 0. The zero-order chi connectivity index (χ0) is 21.1. The first-order valence-electron chi connectivity index (χ1n) is 7.98. The van der Waals surface area contributed by atoms with Crippen LogP contribution in [0.25, 0.3) is 0 Å². The molecule has 2 rings (SSSR count). The van der Waals surface area contributed by atoms with E-state index in [1.807, 2.05) is 5.32 Å². The number of para-hydroxylation sites is 1. The quantitative estimate of drug-likeness (QED) is 0.735. The number of ether oxygens (including phenoxy) is 1. The third-order valence-electron chi connectivity index (χ3n) is 3.77. The van der Waals surface area contributed by atoms with E-state index in [0.29, 0.717) is 5.56 Å². The number of carbonyl (C=O) groups is 2. The summed E-state index contributed by atoms with van der Waals surface area (Å²) >= 11 is 0. The number of nitrogens with zero attached hydrogens (tertiary/aromatic N) is 1. The number of anilines is 1. The highest BCUT2D eigenvalue weighted by molar-refractivity contribution is 7.89. The van der Waals surface area contributed by atoms with Crippen LogP contribution in [0.5, 0.6) is 0 Å². The van der Waals surface area contributed by atoms with Gasteiger partial charge < -0.3 is 10.1 Å². The smallest absolute Gasteiger partial charge is 0.338 e. The minimum absolute atomic E-state index is 0.0483. The molecule has 0 aliphatic rings. The van der Waals surface area contributed by atoms with E-state index < -0.39 is 45.8 Å². The molecule has 1 amide bonds. The number of amides is 1. The van der Waals surface area contributed by atoms with Gasteiger partial charge in [0.2, 0.25) is 10.0 Å². The summed E-state index contributed by atoms with van der Waals surface area (Å²) in [5.41, 5.74) is -0.269. The molecule has 0 spiro atoms. The average Bonchev–Trinajstić information content (AvgIpc) is 2.63. The molecule has 7 nitrogen and oxygen atoms in total. The number of hydrogen-bond donors (Lipinski definition) is 1. The van der Waals surface area contributed by atoms with Crippen LogP contribution in [0.15, 0.2) is 41.3 Å². The number of hydrogen-bond acceptors (Lipinski definition) is 5. The first-order valence-corrected chi connectivity index (χ1v) is 9.42. The molecule has 0 atom stereocenters. The van der Waals surface area contributed by atoms with Crippen molar-refractivity contribution in [2.75, 3.05) is 26.0 Å². The van der Waals surface area contributed by atoms with Gasteiger partial charge in [0, 0.05) is 14.1 Å². The van der Waals surface area contributed by atoms with Crippen LogP contribution in [0.2, 0.25) is 0 Å². The van der Waals surface area contributed by atoms with Gasteiger partial charge in [0.1, 0.15) is 17.3 Å².